The number of nitrogens with one attached hydrogen (secondary N) is 1. The van der Waals surface area contributed by atoms with Gasteiger partial charge in [0, 0.05) is 28.7 Å². The molecule has 3 aliphatic rings. The number of H-pyrrole nitrogens is 1. The van der Waals surface area contributed by atoms with Crippen LogP contribution in [0.2, 0.25) is 0 Å². The zero-order valence-corrected chi connectivity index (χ0v) is 24.7. The van der Waals surface area contributed by atoms with E-state index in [0.29, 0.717) is 23.9 Å². The SMILES string of the molecule is C/C1=C/C(c2[nH]c3ccc(C4CCN(Cc5c(C)cc(CO)cc5F)CC4)cc3c2C(C)C)=C\CCC2N=CN=C12. The zero-order valence-electron chi connectivity index (χ0n) is 24.7. The quantitative estimate of drug-likeness (QED) is 0.331. The highest BCUT2D eigenvalue weighted by molar-refractivity contribution is 6.11. The number of aliphatic imine (C=N–C) groups is 2. The van der Waals surface area contributed by atoms with E-state index in [-0.39, 0.29) is 18.5 Å². The minimum absolute atomic E-state index is 0.130. The molecule has 0 bridgehead atoms. The summed E-state index contributed by atoms with van der Waals surface area (Å²) in [6.07, 6.45) is 10.5. The summed E-state index contributed by atoms with van der Waals surface area (Å²) in [7, 11) is 0. The fraction of sp³-hybridized carbons (Fsp3) is 0.429. The Kier molecular flexibility index (Phi) is 7.80. The van der Waals surface area contributed by atoms with E-state index < -0.39 is 0 Å². The first-order chi connectivity index (χ1) is 19.8. The van der Waals surface area contributed by atoms with Crippen molar-refractivity contribution in [2.24, 2.45) is 9.98 Å². The summed E-state index contributed by atoms with van der Waals surface area (Å²) in [6.45, 7) is 11.1. The van der Waals surface area contributed by atoms with Crippen LogP contribution >= 0.6 is 0 Å². The summed E-state index contributed by atoms with van der Waals surface area (Å²) in [5, 5.41) is 10.7. The number of halogens is 1. The standard InChI is InChI=1S/C35H41FN4O/c1-21(2)33-28-17-26(25-10-12-40(13-11-25)18-29-22(3)14-24(19-41)16-30(29)36)8-9-31(28)39-35(33)27-6-5-7-32-34(23(4)15-27)38-20-37-32/h6,8-9,14-17,20-21,25,32,39,41H,5,7,10-13,18-19H2,1-4H3/b23-15-,27-6+. The van der Waals surface area contributed by atoms with Crippen molar-refractivity contribution in [1.82, 2.24) is 9.88 Å². The number of hydrogen-bond donors (Lipinski definition) is 2. The van der Waals surface area contributed by atoms with Crippen LogP contribution in [-0.2, 0) is 13.2 Å². The second-order valence-electron chi connectivity index (χ2n) is 12.3. The summed E-state index contributed by atoms with van der Waals surface area (Å²) < 4.78 is 14.7. The molecule has 1 aromatic heterocycles. The first-order valence-corrected chi connectivity index (χ1v) is 15.1. The fourth-order valence-electron chi connectivity index (χ4n) is 6.94. The number of likely N-dealkylation sites (tertiary alicyclic amines) is 1. The molecule has 41 heavy (non-hydrogen) atoms. The number of nitrogens with zero attached hydrogens (tertiary/aromatic N) is 3. The predicted molar refractivity (Wildman–Crippen MR) is 167 cm³/mol. The second kappa shape index (κ2) is 11.5. The van der Waals surface area contributed by atoms with Gasteiger partial charge in [-0.25, -0.2) is 9.38 Å². The molecule has 1 atom stereocenters. The van der Waals surface area contributed by atoms with Crippen LogP contribution in [0.5, 0.6) is 0 Å². The molecule has 1 aliphatic carbocycles. The number of aryl methyl sites for hydroxylation is 1. The normalized spacial score (nSPS) is 22.7. The second-order valence-corrected chi connectivity index (χ2v) is 12.3. The van der Waals surface area contributed by atoms with Crippen molar-refractivity contribution in [3.8, 4) is 0 Å². The van der Waals surface area contributed by atoms with Crippen LogP contribution in [0.4, 0.5) is 4.39 Å². The van der Waals surface area contributed by atoms with Crippen molar-refractivity contribution >= 4 is 28.5 Å². The summed E-state index contributed by atoms with van der Waals surface area (Å²) in [4.78, 5) is 15.3. The van der Waals surface area contributed by atoms with Gasteiger partial charge in [-0.2, -0.15) is 0 Å². The highest BCUT2D eigenvalue weighted by Gasteiger charge is 2.26. The molecule has 1 fully saturated rings. The molecule has 6 rings (SSSR count). The molecule has 3 aromatic rings. The molecule has 6 heteroatoms. The maximum absolute atomic E-state index is 14.7. The topological polar surface area (TPSA) is 64.0 Å². The number of aromatic nitrogens is 1. The lowest BCUT2D eigenvalue weighted by Crippen LogP contribution is -2.33. The Bertz CT molecular complexity index is 1560. The van der Waals surface area contributed by atoms with Crippen molar-refractivity contribution in [1.29, 1.82) is 0 Å². The molecule has 214 valence electrons. The lowest BCUT2D eigenvalue weighted by Gasteiger charge is -2.32. The third kappa shape index (κ3) is 5.47. The summed E-state index contributed by atoms with van der Waals surface area (Å²) in [5.74, 6) is 0.669. The van der Waals surface area contributed by atoms with Gasteiger partial charge in [0.2, 0.25) is 0 Å². The number of rotatable bonds is 6. The highest BCUT2D eigenvalue weighted by Crippen LogP contribution is 2.38. The van der Waals surface area contributed by atoms with E-state index in [1.807, 2.05) is 13.0 Å². The van der Waals surface area contributed by atoms with E-state index in [9.17, 15) is 9.50 Å². The molecule has 1 unspecified atom stereocenters. The molecule has 2 N–H and O–H groups in total. The van der Waals surface area contributed by atoms with Crippen LogP contribution in [-0.4, -0.2) is 46.2 Å². The number of benzene rings is 2. The monoisotopic (exact) mass is 552 g/mol. The van der Waals surface area contributed by atoms with E-state index >= 15 is 0 Å². The van der Waals surface area contributed by atoms with Gasteiger partial charge >= 0.3 is 0 Å². The number of hydrogen-bond acceptors (Lipinski definition) is 4. The van der Waals surface area contributed by atoms with Crippen molar-refractivity contribution < 1.29 is 9.50 Å². The van der Waals surface area contributed by atoms with Crippen molar-refractivity contribution in [3.63, 3.8) is 0 Å². The van der Waals surface area contributed by atoms with E-state index in [0.717, 1.165) is 55.6 Å². The van der Waals surface area contributed by atoms with Gasteiger partial charge < -0.3 is 10.1 Å². The summed E-state index contributed by atoms with van der Waals surface area (Å²) in [5.41, 5.74) is 11.0. The molecule has 1 saturated heterocycles. The van der Waals surface area contributed by atoms with Crippen molar-refractivity contribution in [3.05, 3.63) is 87.4 Å². The van der Waals surface area contributed by atoms with Gasteiger partial charge in [-0.3, -0.25) is 9.89 Å². The number of aliphatic hydroxyl groups excluding tert-OH is 1. The van der Waals surface area contributed by atoms with Gasteiger partial charge in [-0.15, -0.1) is 0 Å². The smallest absolute Gasteiger partial charge is 0.128 e. The third-order valence-electron chi connectivity index (χ3n) is 9.17. The lowest BCUT2D eigenvalue weighted by atomic mass is 9.87. The predicted octanol–water partition coefficient (Wildman–Crippen LogP) is 7.59. The molecule has 0 spiro atoms. The van der Waals surface area contributed by atoms with Crippen LogP contribution in [0.25, 0.3) is 16.5 Å². The van der Waals surface area contributed by atoms with Crippen LogP contribution in [0.1, 0.15) is 91.8 Å². The van der Waals surface area contributed by atoms with Crippen LogP contribution in [0, 0.1) is 12.7 Å². The van der Waals surface area contributed by atoms with Crippen LogP contribution in [0.15, 0.2) is 58.0 Å². The Labute approximate surface area is 242 Å². The highest BCUT2D eigenvalue weighted by atomic mass is 19.1. The lowest BCUT2D eigenvalue weighted by molar-refractivity contribution is 0.202. The van der Waals surface area contributed by atoms with Gasteiger partial charge in [0.15, 0.2) is 0 Å². The Morgan fingerprint density at radius 3 is 2.63 bits per heavy atom. The summed E-state index contributed by atoms with van der Waals surface area (Å²) in [6, 6.07) is 10.6. The van der Waals surface area contributed by atoms with Gasteiger partial charge in [0.1, 0.15) is 12.2 Å². The molecular formula is C35H41FN4O. The van der Waals surface area contributed by atoms with E-state index in [4.69, 9.17) is 0 Å². The maximum atomic E-state index is 14.7. The first kappa shape index (κ1) is 27.8. The van der Waals surface area contributed by atoms with Crippen molar-refractivity contribution in [2.45, 2.75) is 84.4 Å². The Balaban J connectivity index is 1.23. The number of aliphatic hydroxyl groups is 1. The molecule has 0 radical (unpaired) electrons. The van der Waals surface area contributed by atoms with Crippen molar-refractivity contribution in [2.75, 3.05) is 13.1 Å². The van der Waals surface area contributed by atoms with E-state index in [1.165, 1.54) is 44.9 Å². The van der Waals surface area contributed by atoms with Gasteiger partial charge in [0.05, 0.1) is 18.4 Å². The van der Waals surface area contributed by atoms with Gasteiger partial charge in [-0.1, -0.05) is 32.1 Å². The Morgan fingerprint density at radius 1 is 1.10 bits per heavy atom. The Morgan fingerprint density at radius 2 is 1.90 bits per heavy atom. The van der Waals surface area contributed by atoms with Crippen LogP contribution < -0.4 is 0 Å². The first-order valence-electron chi connectivity index (χ1n) is 15.1. The van der Waals surface area contributed by atoms with E-state index in [2.05, 4.69) is 71.0 Å². The molecule has 3 heterocycles. The van der Waals surface area contributed by atoms with Gasteiger partial charge in [-0.05, 0) is 122 Å². The minimum atomic E-state index is -0.208. The maximum Gasteiger partial charge on any atom is 0.128 e. The number of allylic oxidation sites excluding steroid dienone is 3. The molecule has 2 aromatic carbocycles. The Hall–Kier alpha value is -3.35. The number of aromatic amines is 1. The zero-order chi connectivity index (χ0) is 28.7. The molecule has 2 aliphatic heterocycles. The minimum Gasteiger partial charge on any atom is -0.392 e. The largest absolute Gasteiger partial charge is 0.392 e. The van der Waals surface area contributed by atoms with Crippen LogP contribution in [0.3, 0.4) is 0 Å². The average Bonchev–Trinajstić information content (AvgIpc) is 3.58. The van der Waals surface area contributed by atoms with Gasteiger partial charge in [0.25, 0.3) is 0 Å². The number of fused-ring (bicyclic) bond motifs is 2. The van der Waals surface area contributed by atoms with E-state index in [1.54, 1.807) is 6.34 Å². The molecule has 0 saturated carbocycles. The fourth-order valence-corrected chi connectivity index (χ4v) is 6.94. The third-order valence-corrected chi connectivity index (χ3v) is 9.17. The summed E-state index contributed by atoms with van der Waals surface area (Å²) >= 11 is 0. The number of piperidine rings is 1. The average molecular weight is 553 g/mol. The molecule has 0 amide bonds. The molecule has 5 nitrogen and oxygen atoms in total. The molecular weight excluding hydrogens is 511 g/mol.